The monoisotopic (exact) mass is 290 g/mol. The van der Waals surface area contributed by atoms with E-state index in [4.69, 9.17) is 10.00 Å². The zero-order valence-electron chi connectivity index (χ0n) is 12.1. The van der Waals surface area contributed by atoms with Crippen LogP contribution >= 0.6 is 0 Å². The van der Waals surface area contributed by atoms with Gasteiger partial charge in [0.15, 0.2) is 5.82 Å². The van der Waals surface area contributed by atoms with Crippen LogP contribution in [0.5, 0.6) is 5.88 Å². The van der Waals surface area contributed by atoms with Gasteiger partial charge in [-0.1, -0.05) is 30.3 Å². The fourth-order valence-corrected chi connectivity index (χ4v) is 2.08. The Morgan fingerprint density at radius 3 is 2.77 bits per heavy atom. The van der Waals surface area contributed by atoms with Crippen molar-refractivity contribution < 1.29 is 4.74 Å². The maximum Gasteiger partial charge on any atom is 0.218 e. The van der Waals surface area contributed by atoms with Gasteiger partial charge in [0, 0.05) is 18.3 Å². The first-order valence-electron chi connectivity index (χ1n) is 6.86. The highest BCUT2D eigenvalue weighted by atomic mass is 16.5. The summed E-state index contributed by atoms with van der Waals surface area (Å²) < 4.78 is 7.46. The zero-order valence-corrected chi connectivity index (χ0v) is 12.1. The van der Waals surface area contributed by atoms with Crippen LogP contribution in [0.3, 0.4) is 0 Å². The average molecular weight is 290 g/mol. The first-order valence-corrected chi connectivity index (χ1v) is 6.86. The maximum atomic E-state index is 9.00. The molecule has 0 aliphatic heterocycles. The summed E-state index contributed by atoms with van der Waals surface area (Å²) in [4.78, 5) is 4.26. The second-order valence-corrected chi connectivity index (χ2v) is 4.82. The van der Waals surface area contributed by atoms with E-state index in [9.17, 15) is 0 Å². The molecular formula is C17H14N4O. The predicted molar refractivity (Wildman–Crippen MR) is 81.6 cm³/mol. The Morgan fingerprint density at radius 2 is 2.00 bits per heavy atom. The Labute approximate surface area is 128 Å². The number of rotatable bonds is 4. The summed E-state index contributed by atoms with van der Waals surface area (Å²) in [6, 6.07) is 17.2. The van der Waals surface area contributed by atoms with Crippen molar-refractivity contribution in [3.8, 4) is 17.8 Å². The maximum absolute atomic E-state index is 9.00. The minimum absolute atomic E-state index is 0.448. The summed E-state index contributed by atoms with van der Waals surface area (Å²) >= 11 is 0. The minimum atomic E-state index is 0.448. The number of aryl methyl sites for hydroxylation is 1. The smallest absolute Gasteiger partial charge is 0.218 e. The first kappa shape index (κ1) is 13.8. The molecule has 3 aromatic rings. The van der Waals surface area contributed by atoms with Crippen molar-refractivity contribution in [2.24, 2.45) is 0 Å². The molecule has 0 unspecified atom stereocenters. The minimum Gasteiger partial charge on any atom is -0.473 e. The Kier molecular flexibility index (Phi) is 3.84. The topological polar surface area (TPSA) is 63.7 Å². The normalized spacial score (nSPS) is 10.2. The van der Waals surface area contributed by atoms with E-state index in [-0.39, 0.29) is 0 Å². The van der Waals surface area contributed by atoms with Gasteiger partial charge in [-0.2, -0.15) is 15.0 Å². The summed E-state index contributed by atoms with van der Waals surface area (Å²) in [5.41, 5.74) is 2.44. The van der Waals surface area contributed by atoms with Crippen molar-refractivity contribution in [1.82, 2.24) is 14.8 Å². The fraction of sp³-hybridized carbons (Fsp3) is 0.118. The largest absolute Gasteiger partial charge is 0.473 e. The Balaban J connectivity index is 1.88. The van der Waals surface area contributed by atoms with Crippen molar-refractivity contribution in [1.29, 1.82) is 5.26 Å². The second-order valence-electron chi connectivity index (χ2n) is 4.82. The van der Waals surface area contributed by atoms with Gasteiger partial charge in [-0.3, -0.25) is 0 Å². The highest BCUT2D eigenvalue weighted by Gasteiger charge is 2.10. The van der Waals surface area contributed by atoms with Gasteiger partial charge in [0.2, 0.25) is 5.88 Å². The molecule has 0 radical (unpaired) electrons. The summed E-state index contributed by atoms with van der Waals surface area (Å²) in [5.74, 6) is 1.17. The molecule has 5 nitrogen and oxygen atoms in total. The lowest BCUT2D eigenvalue weighted by molar-refractivity contribution is 0.284. The van der Waals surface area contributed by atoms with Crippen LogP contribution in [0.1, 0.15) is 16.8 Å². The zero-order chi connectivity index (χ0) is 15.4. The molecule has 22 heavy (non-hydrogen) atoms. The van der Waals surface area contributed by atoms with Crippen LogP contribution in [0.15, 0.2) is 54.7 Å². The van der Waals surface area contributed by atoms with Gasteiger partial charge in [0.25, 0.3) is 0 Å². The van der Waals surface area contributed by atoms with E-state index in [2.05, 4.69) is 16.2 Å². The molecule has 0 saturated heterocycles. The molecule has 2 heterocycles. The third-order valence-electron chi connectivity index (χ3n) is 3.12. The number of hydrogen-bond donors (Lipinski definition) is 0. The molecule has 0 saturated carbocycles. The molecule has 0 atom stereocenters. The third-order valence-corrected chi connectivity index (χ3v) is 3.12. The molecule has 0 aliphatic carbocycles. The number of benzene rings is 1. The number of aromatic nitrogens is 3. The first-order chi connectivity index (χ1) is 10.8. The van der Waals surface area contributed by atoms with E-state index < -0.39 is 0 Å². The molecule has 5 heteroatoms. The van der Waals surface area contributed by atoms with Crippen molar-refractivity contribution in [2.45, 2.75) is 13.5 Å². The summed E-state index contributed by atoms with van der Waals surface area (Å²) in [6.45, 7) is 2.34. The number of nitrogens with zero attached hydrogens (tertiary/aromatic N) is 4. The number of ether oxygens (including phenoxy) is 1. The lowest BCUT2D eigenvalue weighted by Crippen LogP contribution is -2.05. The van der Waals surface area contributed by atoms with Crippen LogP contribution in [-0.2, 0) is 6.61 Å². The van der Waals surface area contributed by atoms with Gasteiger partial charge in [-0.05, 0) is 18.6 Å². The van der Waals surface area contributed by atoms with Gasteiger partial charge in [-0.15, -0.1) is 0 Å². The number of pyridine rings is 1. The quantitative estimate of drug-likeness (QED) is 0.741. The van der Waals surface area contributed by atoms with E-state index in [1.807, 2.05) is 43.3 Å². The number of hydrogen-bond acceptors (Lipinski definition) is 4. The van der Waals surface area contributed by atoms with Gasteiger partial charge < -0.3 is 4.74 Å². The van der Waals surface area contributed by atoms with E-state index >= 15 is 0 Å². The van der Waals surface area contributed by atoms with Gasteiger partial charge in [0.1, 0.15) is 6.61 Å². The van der Waals surface area contributed by atoms with Crippen molar-refractivity contribution >= 4 is 0 Å². The third kappa shape index (κ3) is 2.96. The van der Waals surface area contributed by atoms with Gasteiger partial charge in [0.05, 0.1) is 17.3 Å². The standard InChI is InChI=1S/C17H14N4O/c1-13-9-17(22-12-14-5-3-2-4-6-14)21(20-13)16-10-15(11-18)7-8-19-16/h2-10H,12H2,1H3. The lowest BCUT2D eigenvalue weighted by Gasteiger charge is -2.08. The summed E-state index contributed by atoms with van der Waals surface area (Å²) in [5, 5.41) is 13.4. The molecule has 0 N–H and O–H groups in total. The fourth-order valence-electron chi connectivity index (χ4n) is 2.08. The number of nitriles is 1. The van der Waals surface area contributed by atoms with Crippen LogP contribution in [0, 0.1) is 18.3 Å². The Bertz CT molecular complexity index is 818. The lowest BCUT2D eigenvalue weighted by atomic mass is 10.2. The molecule has 1 aromatic carbocycles. The molecule has 0 spiro atoms. The summed E-state index contributed by atoms with van der Waals surface area (Å²) in [6.07, 6.45) is 1.59. The molecule has 108 valence electrons. The predicted octanol–water partition coefficient (Wildman–Crippen LogP) is 3.03. The highest BCUT2D eigenvalue weighted by molar-refractivity contribution is 5.37. The van der Waals surface area contributed by atoms with Crippen LogP contribution in [-0.4, -0.2) is 14.8 Å². The van der Waals surface area contributed by atoms with Gasteiger partial charge >= 0.3 is 0 Å². The van der Waals surface area contributed by atoms with E-state index in [0.717, 1.165) is 11.3 Å². The Morgan fingerprint density at radius 1 is 1.18 bits per heavy atom. The molecule has 0 fully saturated rings. The molecule has 0 amide bonds. The van der Waals surface area contributed by atoms with Crippen molar-refractivity contribution in [2.75, 3.05) is 0 Å². The summed E-state index contributed by atoms with van der Waals surface area (Å²) in [7, 11) is 0. The van der Waals surface area contributed by atoms with Crippen molar-refractivity contribution in [3.63, 3.8) is 0 Å². The highest BCUT2D eigenvalue weighted by Crippen LogP contribution is 2.19. The Hall–Kier alpha value is -3.13. The molecule has 0 aliphatic rings. The van der Waals surface area contributed by atoms with Crippen LogP contribution in [0.25, 0.3) is 5.82 Å². The average Bonchev–Trinajstić information content (AvgIpc) is 2.95. The SMILES string of the molecule is Cc1cc(OCc2ccccc2)n(-c2cc(C#N)ccn2)n1. The van der Waals surface area contributed by atoms with Gasteiger partial charge in [-0.25, -0.2) is 4.98 Å². The van der Waals surface area contributed by atoms with E-state index in [1.54, 1.807) is 23.0 Å². The second kappa shape index (κ2) is 6.10. The van der Waals surface area contributed by atoms with Crippen LogP contribution in [0.2, 0.25) is 0 Å². The van der Waals surface area contributed by atoms with E-state index in [0.29, 0.717) is 23.9 Å². The molecule has 0 bridgehead atoms. The molecular weight excluding hydrogens is 276 g/mol. The molecule has 3 rings (SSSR count). The van der Waals surface area contributed by atoms with E-state index in [1.165, 1.54) is 0 Å². The van der Waals surface area contributed by atoms with Crippen molar-refractivity contribution in [3.05, 3.63) is 71.5 Å². The van der Waals surface area contributed by atoms with Crippen LogP contribution in [0.4, 0.5) is 0 Å². The molecule has 2 aromatic heterocycles. The van der Waals surface area contributed by atoms with Crippen LogP contribution < -0.4 is 4.74 Å².